The van der Waals surface area contributed by atoms with E-state index in [1.54, 1.807) is 0 Å². The third-order valence-electron chi connectivity index (χ3n) is 6.57. The molecule has 0 aromatic heterocycles. The summed E-state index contributed by atoms with van der Waals surface area (Å²) >= 11 is 0. The van der Waals surface area contributed by atoms with Crippen molar-refractivity contribution in [3.63, 3.8) is 0 Å². The molecule has 38 heavy (non-hydrogen) atoms. The largest absolute Gasteiger partial charge is 0.478 e. The zero-order valence-corrected chi connectivity index (χ0v) is 23.4. The quantitative estimate of drug-likeness (QED) is 0.0666. The van der Waals surface area contributed by atoms with Crippen molar-refractivity contribution in [1.82, 2.24) is 5.32 Å². The lowest BCUT2D eigenvalue weighted by Gasteiger charge is -2.40. The highest BCUT2D eigenvalue weighted by Crippen LogP contribution is 2.27. The number of rotatable bonds is 20. The van der Waals surface area contributed by atoms with E-state index in [9.17, 15) is 19.8 Å². The fourth-order valence-electron chi connectivity index (χ4n) is 4.58. The normalized spacial score (nSPS) is 20.6. The Hall–Kier alpha value is -2.37. The Morgan fingerprint density at radius 1 is 1.05 bits per heavy atom. The molecule has 0 bridgehead atoms. The van der Waals surface area contributed by atoms with E-state index in [1.165, 1.54) is 77.9 Å². The minimum absolute atomic E-state index is 0.155. The van der Waals surface area contributed by atoms with Crippen molar-refractivity contribution < 1.29 is 34.0 Å². The molecule has 1 aliphatic heterocycles. The molecule has 11 nitrogen and oxygen atoms in total. The van der Waals surface area contributed by atoms with Crippen LogP contribution in [-0.4, -0.2) is 78.8 Å². The van der Waals surface area contributed by atoms with Gasteiger partial charge in [0.1, 0.15) is 12.2 Å². The number of nitrogens with one attached hydrogen (secondary N) is 1. The van der Waals surface area contributed by atoms with E-state index >= 15 is 0 Å². The van der Waals surface area contributed by atoms with Crippen LogP contribution in [-0.2, 0) is 23.8 Å². The van der Waals surface area contributed by atoms with E-state index in [0.29, 0.717) is 0 Å². The summed E-state index contributed by atoms with van der Waals surface area (Å²) in [7, 11) is 1.32. The van der Waals surface area contributed by atoms with Gasteiger partial charge in [0.15, 0.2) is 12.1 Å². The van der Waals surface area contributed by atoms with Crippen LogP contribution in [0.4, 0.5) is 0 Å². The predicted molar refractivity (Wildman–Crippen MR) is 146 cm³/mol. The van der Waals surface area contributed by atoms with Crippen LogP contribution in [0.25, 0.3) is 0 Å². The fraction of sp³-hybridized carbons (Fsp3) is 0.815. The average Bonchev–Trinajstić information content (AvgIpc) is 2.87. The average molecular weight is 543 g/mol. The van der Waals surface area contributed by atoms with Gasteiger partial charge in [-0.05, 0) is 12.5 Å². The van der Waals surface area contributed by atoms with E-state index in [-0.39, 0.29) is 18.3 Å². The van der Waals surface area contributed by atoms with Crippen molar-refractivity contribution in [2.75, 3.05) is 20.3 Å². The first-order valence-corrected chi connectivity index (χ1v) is 14.0. The standard InChI is InChI=1S/C27H50N4O7/c1-4-5-6-7-8-9-10-11-12-13-14-15-16-37-26(35)22-17-20(31-27(28)29)23(30-19(2)33)25(38-22)24(36-3)21(34)18-32/h17,20-21,23-25,32,34H,4-16,18H2,1-3H3,(H,30,33)(H4,28,29,31)/t20-,21+,23+,24+,25+/m0/s1. The first kappa shape index (κ1) is 33.7. The molecule has 1 rings (SSSR count). The fourth-order valence-corrected chi connectivity index (χ4v) is 4.58. The molecule has 0 unspecified atom stereocenters. The Labute approximate surface area is 227 Å². The summed E-state index contributed by atoms with van der Waals surface area (Å²) in [5.74, 6) is -1.52. The molecular formula is C27H50N4O7. The molecule has 0 aromatic rings. The van der Waals surface area contributed by atoms with Crippen molar-refractivity contribution in [2.24, 2.45) is 16.5 Å². The van der Waals surface area contributed by atoms with Gasteiger partial charge in [0.2, 0.25) is 11.7 Å². The third kappa shape index (κ3) is 12.9. The zero-order valence-electron chi connectivity index (χ0n) is 23.4. The summed E-state index contributed by atoms with van der Waals surface area (Å²) in [6.07, 6.45) is 12.3. The maximum Gasteiger partial charge on any atom is 0.373 e. The molecule has 0 saturated carbocycles. The Morgan fingerprint density at radius 3 is 2.08 bits per heavy atom. The maximum absolute atomic E-state index is 12.8. The van der Waals surface area contributed by atoms with Gasteiger partial charge >= 0.3 is 5.97 Å². The number of aliphatic hydroxyl groups is 2. The predicted octanol–water partition coefficient (Wildman–Crippen LogP) is 2.03. The number of nitrogens with zero attached hydrogens (tertiary/aromatic N) is 1. The van der Waals surface area contributed by atoms with Gasteiger partial charge < -0.3 is 41.2 Å². The van der Waals surface area contributed by atoms with Crippen molar-refractivity contribution in [1.29, 1.82) is 0 Å². The van der Waals surface area contributed by atoms with Crippen molar-refractivity contribution in [3.05, 3.63) is 11.8 Å². The first-order valence-electron chi connectivity index (χ1n) is 14.0. The molecule has 7 N–H and O–H groups in total. The molecule has 1 aliphatic rings. The smallest absolute Gasteiger partial charge is 0.373 e. The number of aliphatic imine (C=N–C) groups is 1. The van der Waals surface area contributed by atoms with E-state index in [4.69, 9.17) is 25.7 Å². The van der Waals surface area contributed by atoms with Crippen LogP contribution in [0.1, 0.15) is 90.9 Å². The molecule has 0 radical (unpaired) electrons. The van der Waals surface area contributed by atoms with Crippen LogP contribution in [0.15, 0.2) is 16.8 Å². The molecule has 1 heterocycles. The van der Waals surface area contributed by atoms with Gasteiger partial charge in [-0.15, -0.1) is 0 Å². The molecule has 1 amide bonds. The number of carbonyl (C=O) groups is 2. The number of unbranched alkanes of at least 4 members (excludes halogenated alkanes) is 11. The monoisotopic (exact) mass is 542 g/mol. The van der Waals surface area contributed by atoms with E-state index in [0.717, 1.165) is 19.3 Å². The number of amides is 1. The second-order valence-corrected chi connectivity index (χ2v) is 9.86. The van der Waals surface area contributed by atoms with Gasteiger partial charge in [0, 0.05) is 14.0 Å². The number of aliphatic hydroxyl groups excluding tert-OH is 2. The summed E-state index contributed by atoms with van der Waals surface area (Å²) in [6, 6.07) is -1.77. The van der Waals surface area contributed by atoms with Gasteiger partial charge in [-0.3, -0.25) is 4.79 Å². The highest BCUT2D eigenvalue weighted by molar-refractivity contribution is 5.87. The van der Waals surface area contributed by atoms with Crippen LogP contribution in [0.2, 0.25) is 0 Å². The van der Waals surface area contributed by atoms with Crippen molar-refractivity contribution in [2.45, 2.75) is 121 Å². The minimum atomic E-state index is -1.35. The van der Waals surface area contributed by atoms with E-state index in [1.807, 2.05) is 0 Å². The number of guanidine groups is 1. The van der Waals surface area contributed by atoms with Crippen LogP contribution in [0, 0.1) is 0 Å². The summed E-state index contributed by atoms with van der Waals surface area (Å²) in [5.41, 5.74) is 11.2. The highest BCUT2D eigenvalue weighted by atomic mass is 16.6. The number of methoxy groups -OCH3 is 1. The van der Waals surface area contributed by atoms with Crippen molar-refractivity contribution in [3.8, 4) is 0 Å². The van der Waals surface area contributed by atoms with Crippen LogP contribution in [0.5, 0.6) is 0 Å². The van der Waals surface area contributed by atoms with Gasteiger partial charge in [0.25, 0.3) is 0 Å². The lowest BCUT2D eigenvalue weighted by atomic mass is 9.92. The molecule has 11 heteroatoms. The number of carbonyl (C=O) groups excluding carboxylic acids is 2. The summed E-state index contributed by atoms with van der Waals surface area (Å²) < 4.78 is 16.6. The highest BCUT2D eigenvalue weighted by Gasteiger charge is 2.44. The second-order valence-electron chi connectivity index (χ2n) is 9.86. The Balaban J connectivity index is 2.62. The topological polar surface area (TPSA) is 179 Å². The van der Waals surface area contributed by atoms with Crippen molar-refractivity contribution >= 4 is 17.8 Å². The molecule has 0 saturated heterocycles. The van der Waals surface area contributed by atoms with Gasteiger partial charge in [-0.1, -0.05) is 77.6 Å². The number of esters is 1. The minimum Gasteiger partial charge on any atom is -0.478 e. The van der Waals surface area contributed by atoms with Gasteiger partial charge in [-0.25, -0.2) is 9.79 Å². The van der Waals surface area contributed by atoms with Gasteiger partial charge in [0.05, 0.1) is 25.3 Å². The molecule has 0 aromatic carbocycles. The molecule has 0 spiro atoms. The van der Waals surface area contributed by atoms with Gasteiger partial charge in [-0.2, -0.15) is 0 Å². The SMILES string of the molecule is CCCCCCCCCCCCCCOC(=O)C1=C[C@H](N=C(N)N)[C@@H](NC(C)=O)[C@H]([C@H](OC)[C@H](O)CO)O1. The molecule has 220 valence electrons. The lowest BCUT2D eigenvalue weighted by molar-refractivity contribution is -0.154. The number of hydrogen-bond acceptors (Lipinski definition) is 8. The second kappa shape index (κ2) is 19.7. The van der Waals surface area contributed by atoms with Crippen LogP contribution in [0.3, 0.4) is 0 Å². The van der Waals surface area contributed by atoms with Crippen LogP contribution >= 0.6 is 0 Å². The summed E-state index contributed by atoms with van der Waals surface area (Å²) in [6.45, 7) is 3.14. The van der Waals surface area contributed by atoms with E-state index in [2.05, 4.69) is 17.2 Å². The number of hydrogen-bond donors (Lipinski definition) is 5. The summed E-state index contributed by atoms with van der Waals surface area (Å²) in [4.78, 5) is 28.8. The molecule has 0 fully saturated rings. The zero-order chi connectivity index (χ0) is 28.3. The number of nitrogens with two attached hydrogens (primary N) is 2. The first-order chi connectivity index (χ1) is 18.2. The van der Waals surface area contributed by atoms with E-state index < -0.39 is 48.9 Å². The molecular weight excluding hydrogens is 492 g/mol. The number of ether oxygens (including phenoxy) is 3. The molecule has 0 aliphatic carbocycles. The molecule has 5 atom stereocenters. The van der Waals surface area contributed by atoms with Crippen LogP contribution < -0.4 is 16.8 Å². The third-order valence-corrected chi connectivity index (χ3v) is 6.57. The summed E-state index contributed by atoms with van der Waals surface area (Å²) in [5, 5.41) is 22.4. The Kier molecular flexibility index (Phi) is 17.4. The Morgan fingerprint density at radius 2 is 1.61 bits per heavy atom. The Bertz CT molecular complexity index is 743. The lowest BCUT2D eigenvalue weighted by Crippen LogP contribution is -2.60. The maximum atomic E-state index is 12.8.